The zero-order valence-electron chi connectivity index (χ0n) is 13.8. The van der Waals surface area contributed by atoms with Crippen molar-refractivity contribution < 1.29 is 9.47 Å². The normalized spacial score (nSPS) is 12.3. The minimum atomic E-state index is 0.418. The lowest BCUT2D eigenvalue weighted by Gasteiger charge is -2.17. The first-order chi connectivity index (χ1) is 8.92. The van der Waals surface area contributed by atoms with Gasteiger partial charge in [-0.15, -0.1) is 0 Å². The van der Waals surface area contributed by atoms with Crippen molar-refractivity contribution in [1.29, 1.82) is 0 Å². The van der Waals surface area contributed by atoms with Crippen LogP contribution in [0.1, 0.15) is 53.9 Å². The summed E-state index contributed by atoms with van der Waals surface area (Å²) in [5, 5.41) is 3.38. The van der Waals surface area contributed by atoms with Crippen LogP contribution in [0, 0.1) is 11.3 Å². The third kappa shape index (κ3) is 17.9. The van der Waals surface area contributed by atoms with Crippen molar-refractivity contribution in [3.63, 3.8) is 0 Å². The maximum Gasteiger partial charge on any atom is 0.0701 e. The first kappa shape index (κ1) is 18.9. The SMILES string of the molecule is CC(C)CCNCCOCCOCCCC(C)(C)C. The average Bonchev–Trinajstić information content (AvgIpc) is 2.28. The summed E-state index contributed by atoms with van der Waals surface area (Å²) in [7, 11) is 0. The van der Waals surface area contributed by atoms with Crippen LogP contribution in [0.4, 0.5) is 0 Å². The van der Waals surface area contributed by atoms with Gasteiger partial charge in [-0.25, -0.2) is 0 Å². The molecule has 0 fully saturated rings. The van der Waals surface area contributed by atoms with Gasteiger partial charge in [0.2, 0.25) is 0 Å². The molecular formula is C16H35NO2. The van der Waals surface area contributed by atoms with Crippen LogP contribution in [0.5, 0.6) is 0 Å². The van der Waals surface area contributed by atoms with Gasteiger partial charge in [0.05, 0.1) is 19.8 Å². The summed E-state index contributed by atoms with van der Waals surface area (Å²) in [6, 6.07) is 0. The average molecular weight is 273 g/mol. The lowest BCUT2D eigenvalue weighted by molar-refractivity contribution is 0.0452. The number of ether oxygens (including phenoxy) is 2. The Labute approximate surface area is 120 Å². The van der Waals surface area contributed by atoms with Crippen LogP contribution in [-0.4, -0.2) is 39.5 Å². The summed E-state index contributed by atoms with van der Waals surface area (Å²) in [5.74, 6) is 0.773. The van der Waals surface area contributed by atoms with E-state index in [1.165, 1.54) is 12.8 Å². The van der Waals surface area contributed by atoms with Crippen molar-refractivity contribution in [2.75, 3.05) is 39.5 Å². The Morgan fingerprint density at radius 1 is 0.895 bits per heavy atom. The van der Waals surface area contributed by atoms with Crippen molar-refractivity contribution in [2.24, 2.45) is 11.3 Å². The summed E-state index contributed by atoms with van der Waals surface area (Å²) in [4.78, 5) is 0. The highest BCUT2D eigenvalue weighted by atomic mass is 16.5. The number of hydrogen-bond acceptors (Lipinski definition) is 3. The molecule has 0 unspecified atom stereocenters. The summed E-state index contributed by atoms with van der Waals surface area (Å²) < 4.78 is 11.0. The highest BCUT2D eigenvalue weighted by molar-refractivity contribution is 4.60. The maximum atomic E-state index is 5.54. The second-order valence-corrected chi connectivity index (χ2v) is 6.82. The van der Waals surface area contributed by atoms with Crippen molar-refractivity contribution >= 4 is 0 Å². The fourth-order valence-corrected chi connectivity index (χ4v) is 1.69. The van der Waals surface area contributed by atoms with Crippen molar-refractivity contribution in [2.45, 2.75) is 53.9 Å². The minimum Gasteiger partial charge on any atom is -0.379 e. The molecule has 0 saturated heterocycles. The molecule has 0 atom stereocenters. The van der Waals surface area contributed by atoms with E-state index in [2.05, 4.69) is 39.9 Å². The van der Waals surface area contributed by atoms with E-state index in [1.807, 2.05) is 0 Å². The largest absolute Gasteiger partial charge is 0.379 e. The summed E-state index contributed by atoms with van der Waals surface area (Å²) >= 11 is 0. The van der Waals surface area contributed by atoms with Crippen LogP contribution in [0.3, 0.4) is 0 Å². The molecule has 19 heavy (non-hydrogen) atoms. The number of hydrogen-bond donors (Lipinski definition) is 1. The highest BCUT2D eigenvalue weighted by Crippen LogP contribution is 2.20. The zero-order valence-corrected chi connectivity index (χ0v) is 13.8. The van der Waals surface area contributed by atoms with Gasteiger partial charge in [-0.3, -0.25) is 0 Å². The monoisotopic (exact) mass is 273 g/mol. The molecule has 116 valence electrons. The number of nitrogens with one attached hydrogen (secondary N) is 1. The van der Waals surface area contributed by atoms with E-state index in [1.54, 1.807) is 0 Å². The second-order valence-electron chi connectivity index (χ2n) is 6.82. The fourth-order valence-electron chi connectivity index (χ4n) is 1.69. The van der Waals surface area contributed by atoms with Gasteiger partial charge in [0, 0.05) is 13.2 Å². The molecule has 0 saturated carbocycles. The van der Waals surface area contributed by atoms with Gasteiger partial charge in [-0.05, 0) is 37.1 Å². The Morgan fingerprint density at radius 2 is 1.53 bits per heavy atom. The topological polar surface area (TPSA) is 30.5 Å². The Kier molecular flexibility index (Phi) is 11.6. The van der Waals surface area contributed by atoms with Gasteiger partial charge in [0.25, 0.3) is 0 Å². The quantitative estimate of drug-likeness (QED) is 0.552. The minimum absolute atomic E-state index is 0.418. The molecule has 3 nitrogen and oxygen atoms in total. The van der Waals surface area contributed by atoms with E-state index in [0.717, 1.165) is 45.2 Å². The molecule has 1 N–H and O–H groups in total. The van der Waals surface area contributed by atoms with Crippen molar-refractivity contribution in [1.82, 2.24) is 5.32 Å². The lowest BCUT2D eigenvalue weighted by atomic mass is 9.91. The third-order valence-electron chi connectivity index (χ3n) is 2.91. The predicted octanol–water partition coefficient (Wildman–Crippen LogP) is 3.48. The van der Waals surface area contributed by atoms with Crippen molar-refractivity contribution in [3.8, 4) is 0 Å². The van der Waals surface area contributed by atoms with E-state index in [9.17, 15) is 0 Å². The van der Waals surface area contributed by atoms with E-state index >= 15 is 0 Å². The lowest BCUT2D eigenvalue weighted by Crippen LogP contribution is -2.22. The van der Waals surface area contributed by atoms with Crippen LogP contribution < -0.4 is 5.32 Å². The number of rotatable bonds is 12. The molecule has 0 aromatic rings. The summed E-state index contributed by atoms with van der Waals surface area (Å²) in [6.07, 6.45) is 3.59. The molecule has 0 aromatic heterocycles. The Balaban J connectivity index is 3.03. The molecular weight excluding hydrogens is 238 g/mol. The smallest absolute Gasteiger partial charge is 0.0701 e. The molecule has 0 aliphatic heterocycles. The van der Waals surface area contributed by atoms with Gasteiger partial charge in [0.1, 0.15) is 0 Å². The van der Waals surface area contributed by atoms with Gasteiger partial charge in [-0.2, -0.15) is 0 Å². The maximum absolute atomic E-state index is 5.54. The third-order valence-corrected chi connectivity index (χ3v) is 2.91. The molecule has 0 aliphatic rings. The predicted molar refractivity (Wildman–Crippen MR) is 82.7 cm³/mol. The van der Waals surface area contributed by atoms with Crippen LogP contribution in [0.25, 0.3) is 0 Å². The van der Waals surface area contributed by atoms with Crippen LogP contribution in [-0.2, 0) is 9.47 Å². The molecule has 0 radical (unpaired) electrons. The summed E-state index contributed by atoms with van der Waals surface area (Å²) in [5.41, 5.74) is 0.418. The van der Waals surface area contributed by atoms with E-state index in [-0.39, 0.29) is 0 Å². The van der Waals surface area contributed by atoms with Crippen LogP contribution in [0.2, 0.25) is 0 Å². The molecule has 0 heterocycles. The molecule has 0 spiro atoms. The Hall–Kier alpha value is -0.120. The molecule has 0 amide bonds. The molecule has 0 bridgehead atoms. The molecule has 0 aliphatic carbocycles. The summed E-state index contributed by atoms with van der Waals surface area (Å²) in [6.45, 7) is 16.4. The first-order valence-corrected chi connectivity index (χ1v) is 7.78. The van der Waals surface area contributed by atoms with Gasteiger partial charge in [-0.1, -0.05) is 34.6 Å². The molecule has 0 rings (SSSR count). The van der Waals surface area contributed by atoms with Crippen molar-refractivity contribution in [3.05, 3.63) is 0 Å². The Morgan fingerprint density at radius 3 is 2.11 bits per heavy atom. The molecule has 3 heteroatoms. The van der Waals surface area contributed by atoms with Crippen LogP contribution in [0.15, 0.2) is 0 Å². The van der Waals surface area contributed by atoms with Gasteiger partial charge >= 0.3 is 0 Å². The van der Waals surface area contributed by atoms with Crippen LogP contribution >= 0.6 is 0 Å². The first-order valence-electron chi connectivity index (χ1n) is 7.78. The van der Waals surface area contributed by atoms with Gasteiger partial charge in [0.15, 0.2) is 0 Å². The van der Waals surface area contributed by atoms with Gasteiger partial charge < -0.3 is 14.8 Å². The standard InChI is InChI=1S/C16H35NO2/c1-15(2)7-9-17-10-12-19-14-13-18-11-6-8-16(3,4)5/h15,17H,6-14H2,1-5H3. The van der Waals surface area contributed by atoms with E-state index < -0.39 is 0 Å². The van der Waals surface area contributed by atoms with E-state index in [4.69, 9.17) is 9.47 Å². The fraction of sp³-hybridized carbons (Fsp3) is 1.00. The second kappa shape index (κ2) is 11.7. The zero-order chi connectivity index (χ0) is 14.6. The highest BCUT2D eigenvalue weighted by Gasteiger charge is 2.08. The Bertz CT molecular complexity index is 188. The van der Waals surface area contributed by atoms with E-state index in [0.29, 0.717) is 12.0 Å². The molecule has 0 aromatic carbocycles.